The van der Waals surface area contributed by atoms with Crippen LogP contribution in [0.15, 0.2) is 18.2 Å². The Morgan fingerprint density at radius 2 is 2.00 bits per heavy atom. The molecule has 2 rings (SSSR count). The second-order valence-electron chi connectivity index (χ2n) is 5.83. The Bertz CT molecular complexity index is 588. The third-order valence-corrected chi connectivity index (χ3v) is 4.28. The third-order valence-electron chi connectivity index (χ3n) is 3.99. The summed E-state index contributed by atoms with van der Waals surface area (Å²) in [6.07, 6.45) is 1.98. The van der Waals surface area contributed by atoms with Crippen LogP contribution in [0.1, 0.15) is 33.1 Å². The van der Waals surface area contributed by atoms with E-state index in [4.69, 9.17) is 11.6 Å². The summed E-state index contributed by atoms with van der Waals surface area (Å²) < 4.78 is 13.3. The van der Waals surface area contributed by atoms with Gasteiger partial charge in [0.2, 0.25) is 11.8 Å². The highest BCUT2D eigenvalue weighted by Gasteiger charge is 2.37. The van der Waals surface area contributed by atoms with Crippen LogP contribution in [0.4, 0.5) is 10.1 Å². The minimum absolute atomic E-state index is 0.0244. The van der Waals surface area contributed by atoms with Crippen molar-refractivity contribution in [3.05, 3.63) is 29.0 Å². The molecule has 0 aromatic heterocycles. The van der Waals surface area contributed by atoms with Crippen molar-refractivity contribution in [2.24, 2.45) is 5.92 Å². The Hall–Kier alpha value is -1.62. The van der Waals surface area contributed by atoms with Crippen molar-refractivity contribution in [2.75, 3.05) is 24.5 Å². The molecule has 1 aromatic carbocycles. The molecule has 0 radical (unpaired) electrons. The van der Waals surface area contributed by atoms with Gasteiger partial charge in [-0.1, -0.05) is 25.4 Å². The Morgan fingerprint density at radius 1 is 1.35 bits per heavy atom. The average Bonchev–Trinajstić information content (AvgIpc) is 2.91. The van der Waals surface area contributed by atoms with E-state index < -0.39 is 5.82 Å². The Balaban J connectivity index is 2.12. The topological polar surface area (TPSA) is 40.6 Å². The standard InChI is InChI=1S/C17H22ClFN2O2/c1-3-7-20(8-4-2)17(23)12-9-16(22)21(11-12)13-5-6-15(19)14(18)10-13/h5-6,10,12H,3-4,7-9,11H2,1-2H3. The highest BCUT2D eigenvalue weighted by Crippen LogP contribution is 2.29. The lowest BCUT2D eigenvalue weighted by Gasteiger charge is -2.24. The van der Waals surface area contributed by atoms with Gasteiger partial charge in [0.1, 0.15) is 5.82 Å². The van der Waals surface area contributed by atoms with E-state index in [2.05, 4.69) is 0 Å². The lowest BCUT2D eigenvalue weighted by Crippen LogP contribution is -2.38. The first-order valence-electron chi connectivity index (χ1n) is 8.02. The molecule has 1 saturated heterocycles. The summed E-state index contributed by atoms with van der Waals surface area (Å²) in [5, 5.41) is -0.0244. The van der Waals surface area contributed by atoms with Gasteiger partial charge in [0, 0.05) is 31.7 Å². The second-order valence-corrected chi connectivity index (χ2v) is 6.24. The van der Waals surface area contributed by atoms with Gasteiger partial charge in [-0.05, 0) is 31.0 Å². The van der Waals surface area contributed by atoms with Gasteiger partial charge >= 0.3 is 0 Å². The summed E-state index contributed by atoms with van der Waals surface area (Å²) in [7, 11) is 0. The monoisotopic (exact) mass is 340 g/mol. The smallest absolute Gasteiger partial charge is 0.228 e. The van der Waals surface area contributed by atoms with Gasteiger partial charge < -0.3 is 9.80 Å². The number of amides is 2. The van der Waals surface area contributed by atoms with Crippen LogP contribution in [-0.4, -0.2) is 36.3 Å². The first kappa shape index (κ1) is 17.7. The summed E-state index contributed by atoms with van der Waals surface area (Å²) in [4.78, 5) is 28.2. The SMILES string of the molecule is CCCN(CCC)C(=O)C1CC(=O)N(c2ccc(F)c(Cl)c2)C1. The summed E-state index contributed by atoms with van der Waals surface area (Å²) in [6, 6.07) is 4.18. The molecule has 0 spiro atoms. The van der Waals surface area contributed by atoms with Gasteiger partial charge in [-0.25, -0.2) is 4.39 Å². The van der Waals surface area contributed by atoms with E-state index in [1.165, 1.54) is 23.1 Å². The molecule has 1 aromatic rings. The molecule has 0 N–H and O–H groups in total. The fourth-order valence-electron chi connectivity index (χ4n) is 2.91. The van der Waals surface area contributed by atoms with Crippen molar-refractivity contribution in [1.29, 1.82) is 0 Å². The van der Waals surface area contributed by atoms with Gasteiger partial charge in [-0.2, -0.15) is 0 Å². The lowest BCUT2D eigenvalue weighted by atomic mass is 10.1. The molecule has 0 bridgehead atoms. The van der Waals surface area contributed by atoms with Gasteiger partial charge in [0.15, 0.2) is 0 Å². The fraction of sp³-hybridized carbons (Fsp3) is 0.529. The molecule has 1 fully saturated rings. The van der Waals surface area contributed by atoms with Crippen LogP contribution < -0.4 is 4.90 Å². The van der Waals surface area contributed by atoms with Gasteiger partial charge in [0.05, 0.1) is 10.9 Å². The van der Waals surface area contributed by atoms with Crippen LogP contribution in [0.2, 0.25) is 5.02 Å². The summed E-state index contributed by atoms with van der Waals surface area (Å²) in [5.74, 6) is -0.965. The quantitative estimate of drug-likeness (QED) is 0.795. The first-order chi connectivity index (χ1) is 11.0. The number of nitrogens with zero attached hydrogens (tertiary/aromatic N) is 2. The van der Waals surface area contributed by atoms with Crippen molar-refractivity contribution in [1.82, 2.24) is 4.90 Å². The van der Waals surface area contributed by atoms with E-state index in [1.807, 2.05) is 18.7 Å². The van der Waals surface area contributed by atoms with Crippen molar-refractivity contribution >= 4 is 29.1 Å². The van der Waals surface area contributed by atoms with Gasteiger partial charge in [-0.3, -0.25) is 9.59 Å². The van der Waals surface area contributed by atoms with Crippen LogP contribution >= 0.6 is 11.6 Å². The van der Waals surface area contributed by atoms with Crippen LogP contribution in [0.5, 0.6) is 0 Å². The molecule has 1 aliphatic rings. The van der Waals surface area contributed by atoms with Crippen molar-refractivity contribution < 1.29 is 14.0 Å². The molecule has 1 aliphatic heterocycles. The molecule has 1 heterocycles. The Labute approximate surface area is 141 Å². The average molecular weight is 341 g/mol. The number of halogens is 2. The zero-order valence-corrected chi connectivity index (χ0v) is 14.3. The highest BCUT2D eigenvalue weighted by molar-refractivity contribution is 6.31. The molecular formula is C17H22ClFN2O2. The molecule has 1 unspecified atom stereocenters. The van der Waals surface area contributed by atoms with E-state index in [1.54, 1.807) is 0 Å². The van der Waals surface area contributed by atoms with Crippen LogP contribution in [0.25, 0.3) is 0 Å². The molecule has 1 atom stereocenters. The number of hydrogen-bond donors (Lipinski definition) is 0. The summed E-state index contributed by atoms with van der Waals surface area (Å²) in [5.41, 5.74) is 0.536. The van der Waals surface area contributed by atoms with Gasteiger partial charge in [-0.15, -0.1) is 0 Å². The maximum absolute atomic E-state index is 13.3. The van der Waals surface area contributed by atoms with Crippen LogP contribution in [-0.2, 0) is 9.59 Å². The summed E-state index contributed by atoms with van der Waals surface area (Å²) in [6.45, 7) is 5.80. The third kappa shape index (κ3) is 4.02. The zero-order valence-electron chi connectivity index (χ0n) is 13.5. The van der Waals surface area contributed by atoms with Crippen molar-refractivity contribution in [3.63, 3.8) is 0 Å². The molecular weight excluding hydrogens is 319 g/mol. The number of carbonyl (C=O) groups excluding carboxylic acids is 2. The molecule has 0 aliphatic carbocycles. The van der Waals surface area contributed by atoms with Crippen molar-refractivity contribution in [2.45, 2.75) is 33.1 Å². The molecule has 0 saturated carbocycles. The van der Waals surface area contributed by atoms with Gasteiger partial charge in [0.25, 0.3) is 0 Å². The van der Waals surface area contributed by atoms with Crippen molar-refractivity contribution in [3.8, 4) is 0 Å². The molecule has 2 amide bonds. The first-order valence-corrected chi connectivity index (χ1v) is 8.39. The minimum Gasteiger partial charge on any atom is -0.342 e. The summed E-state index contributed by atoms with van der Waals surface area (Å²) >= 11 is 5.78. The molecule has 126 valence electrons. The maximum Gasteiger partial charge on any atom is 0.228 e. The largest absolute Gasteiger partial charge is 0.342 e. The Morgan fingerprint density at radius 3 is 2.57 bits per heavy atom. The van der Waals surface area contributed by atoms with Crippen LogP contribution in [0.3, 0.4) is 0 Å². The van der Waals surface area contributed by atoms with Crippen LogP contribution in [0, 0.1) is 11.7 Å². The predicted octanol–water partition coefficient (Wildman–Crippen LogP) is 3.48. The van der Waals surface area contributed by atoms with E-state index in [9.17, 15) is 14.0 Å². The van der Waals surface area contributed by atoms with E-state index in [-0.39, 0.29) is 29.2 Å². The lowest BCUT2D eigenvalue weighted by molar-refractivity contribution is -0.135. The normalized spacial score (nSPS) is 17.7. The number of rotatable bonds is 6. The molecule has 23 heavy (non-hydrogen) atoms. The van der Waals surface area contributed by atoms with E-state index in [0.717, 1.165) is 12.8 Å². The molecule has 4 nitrogen and oxygen atoms in total. The second kappa shape index (κ2) is 7.77. The predicted molar refractivity (Wildman–Crippen MR) is 89.0 cm³/mol. The number of anilines is 1. The number of benzene rings is 1. The van der Waals surface area contributed by atoms with E-state index >= 15 is 0 Å². The molecule has 6 heteroatoms. The van der Waals surface area contributed by atoms with E-state index in [0.29, 0.717) is 25.3 Å². The Kier molecular flexibility index (Phi) is 5.99. The number of carbonyl (C=O) groups is 2. The highest BCUT2D eigenvalue weighted by atomic mass is 35.5. The fourth-order valence-corrected chi connectivity index (χ4v) is 3.08. The number of hydrogen-bond acceptors (Lipinski definition) is 2. The zero-order chi connectivity index (χ0) is 17.0. The maximum atomic E-state index is 13.3. The minimum atomic E-state index is -0.522.